The van der Waals surface area contributed by atoms with Crippen molar-refractivity contribution in [2.75, 3.05) is 0 Å². The van der Waals surface area contributed by atoms with Crippen LogP contribution in [-0.4, -0.2) is 103 Å². The molecule has 3 heterocycles. The molecule has 0 radical (unpaired) electrons. The normalized spacial score (nSPS) is 21.2. The molecular formula is C13H27N6O17P3. The molecule has 13 N–H and O–H groups in total. The Morgan fingerprint density at radius 3 is 1.72 bits per heavy atom. The molecule has 4 atom stereocenters. The summed E-state index contributed by atoms with van der Waals surface area (Å²) in [5.74, 6) is 0. The number of aliphatic hydroxyl groups excluding tert-OH is 2. The van der Waals surface area contributed by atoms with Crippen LogP contribution in [0.15, 0.2) is 4.79 Å². The molecule has 0 spiro atoms. The van der Waals surface area contributed by atoms with Crippen LogP contribution in [0.2, 0.25) is 0 Å². The number of carbonyl (C=O) groups is 1. The topological polar surface area (TPSA) is 392 Å². The third kappa shape index (κ3) is 14.2. The van der Waals surface area contributed by atoms with Gasteiger partial charge in [0.25, 0.3) is 5.56 Å². The number of rotatable bonds is 3. The number of carbonyl (C=O) groups excluding carboxylic acids is 1. The van der Waals surface area contributed by atoms with Crippen molar-refractivity contribution in [3.05, 3.63) is 16.0 Å². The molecule has 1 aliphatic heterocycles. The molecule has 23 nitrogen and oxygen atoms in total. The summed E-state index contributed by atoms with van der Waals surface area (Å²) in [6.45, 7) is 3.47. The summed E-state index contributed by atoms with van der Waals surface area (Å²) >= 11 is 0. The minimum absolute atomic E-state index is 0.134. The van der Waals surface area contributed by atoms with E-state index in [1.54, 1.807) is 6.92 Å². The standard InChI is InChI=1S/C13H18N6O5.3H3O4P/c1-3-4-6-7-8(18(16-6)13(14)23)11(22)19(17-15-7)12-10(21)9(20)5(2)24-12;3*1-5(2,3)4/h5,9-10,12,20-21H,3-4H2,1-2H3,(H2,14,23);3*(H3,1,2,3,4). The molecule has 0 saturated carbocycles. The number of aromatic nitrogens is 5. The Hall–Kier alpha value is -2.04. The van der Waals surface area contributed by atoms with Crippen LogP contribution in [0.4, 0.5) is 4.79 Å². The second kappa shape index (κ2) is 14.6. The Labute approximate surface area is 216 Å². The lowest BCUT2D eigenvalue weighted by Crippen LogP contribution is -2.37. The number of nitrogens with two attached hydrogens (primary N) is 1. The van der Waals surface area contributed by atoms with Crippen LogP contribution in [0.25, 0.3) is 11.0 Å². The lowest BCUT2D eigenvalue weighted by atomic mass is 10.1. The number of hydrogen-bond donors (Lipinski definition) is 12. The van der Waals surface area contributed by atoms with Crippen molar-refractivity contribution in [3.63, 3.8) is 0 Å². The van der Waals surface area contributed by atoms with Crippen molar-refractivity contribution in [2.24, 2.45) is 5.73 Å². The highest BCUT2D eigenvalue weighted by atomic mass is 31.2. The largest absolute Gasteiger partial charge is 0.466 e. The summed E-state index contributed by atoms with van der Waals surface area (Å²) in [4.78, 5) is 89.0. The minimum Gasteiger partial charge on any atom is -0.388 e. The van der Waals surface area contributed by atoms with Gasteiger partial charge < -0.3 is 64.7 Å². The predicted octanol–water partition coefficient (Wildman–Crippen LogP) is -4.28. The summed E-state index contributed by atoms with van der Waals surface area (Å²) < 4.78 is 33.6. The van der Waals surface area contributed by atoms with Gasteiger partial charge in [0, 0.05) is 0 Å². The fourth-order valence-corrected chi connectivity index (χ4v) is 2.75. The number of aryl methyl sites for hydroxylation is 1. The van der Waals surface area contributed by atoms with Crippen LogP contribution in [0.5, 0.6) is 0 Å². The fraction of sp³-hybridized carbons (Fsp3) is 0.615. The first-order valence-corrected chi connectivity index (χ1v) is 14.6. The van der Waals surface area contributed by atoms with Gasteiger partial charge in [0.05, 0.1) is 11.8 Å². The number of nitrogens with zero attached hydrogens (tertiary/aromatic N) is 5. The van der Waals surface area contributed by atoms with E-state index in [4.69, 9.17) is 68.2 Å². The highest BCUT2D eigenvalue weighted by Gasteiger charge is 2.43. The van der Waals surface area contributed by atoms with Gasteiger partial charge in [0.15, 0.2) is 11.7 Å². The van der Waals surface area contributed by atoms with Gasteiger partial charge in [-0.1, -0.05) is 18.6 Å². The molecule has 0 aromatic carbocycles. The SMILES string of the molecule is CCCc1nn(C(N)=O)c2c(=O)n(C3OC(C)C(O)C3O)nnc12.O=P(O)(O)O.O=P(O)(O)O.O=P(O)(O)O. The molecule has 3 rings (SSSR count). The third-order valence-electron chi connectivity index (χ3n) is 4.00. The molecule has 4 unspecified atom stereocenters. The number of primary amides is 1. The number of amides is 1. The maximum atomic E-state index is 12.7. The van der Waals surface area contributed by atoms with E-state index in [-0.39, 0.29) is 11.0 Å². The molecule has 1 amide bonds. The fourth-order valence-electron chi connectivity index (χ4n) is 2.75. The quantitative estimate of drug-likeness (QED) is 0.142. The molecule has 1 aliphatic rings. The molecule has 1 fully saturated rings. The number of fused-ring (bicyclic) bond motifs is 1. The van der Waals surface area contributed by atoms with Crippen molar-refractivity contribution in [1.29, 1.82) is 0 Å². The lowest BCUT2D eigenvalue weighted by molar-refractivity contribution is -0.0439. The van der Waals surface area contributed by atoms with E-state index in [1.165, 1.54) is 0 Å². The Morgan fingerprint density at radius 1 is 0.949 bits per heavy atom. The maximum absolute atomic E-state index is 12.7. The van der Waals surface area contributed by atoms with Crippen LogP contribution in [-0.2, 0) is 24.9 Å². The summed E-state index contributed by atoms with van der Waals surface area (Å²) in [6, 6.07) is -0.930. The Balaban J connectivity index is 0.000000793. The zero-order chi connectivity index (χ0) is 31.1. The first-order valence-electron chi connectivity index (χ1n) is 9.90. The lowest BCUT2D eigenvalue weighted by Gasteiger charge is -2.15. The van der Waals surface area contributed by atoms with Crippen LogP contribution in [0, 0.1) is 0 Å². The van der Waals surface area contributed by atoms with E-state index in [0.717, 1.165) is 15.8 Å². The van der Waals surface area contributed by atoms with Crippen LogP contribution >= 0.6 is 23.5 Å². The van der Waals surface area contributed by atoms with Gasteiger partial charge in [-0.2, -0.15) is 14.5 Å². The second-order valence-electron chi connectivity index (χ2n) is 7.24. The van der Waals surface area contributed by atoms with Crippen molar-refractivity contribution in [3.8, 4) is 0 Å². The number of phosphoric acid groups is 3. The first-order chi connectivity index (χ1) is 17.4. The van der Waals surface area contributed by atoms with Crippen LogP contribution in [0.1, 0.15) is 32.2 Å². The van der Waals surface area contributed by atoms with E-state index < -0.39 is 59.6 Å². The first kappa shape index (κ1) is 37.0. The van der Waals surface area contributed by atoms with Gasteiger partial charge in [-0.3, -0.25) is 4.79 Å². The van der Waals surface area contributed by atoms with Gasteiger partial charge in [0.1, 0.15) is 17.7 Å². The van der Waals surface area contributed by atoms with E-state index in [9.17, 15) is 19.8 Å². The molecule has 0 bridgehead atoms. The van der Waals surface area contributed by atoms with E-state index in [0.29, 0.717) is 12.1 Å². The average Bonchev–Trinajstić information content (AvgIpc) is 3.19. The Morgan fingerprint density at radius 2 is 1.38 bits per heavy atom. The monoisotopic (exact) mass is 632 g/mol. The van der Waals surface area contributed by atoms with Crippen molar-refractivity contribution in [1.82, 2.24) is 24.8 Å². The average molecular weight is 632 g/mol. The van der Waals surface area contributed by atoms with E-state index in [2.05, 4.69) is 15.4 Å². The van der Waals surface area contributed by atoms with Gasteiger partial charge in [-0.05, 0) is 13.3 Å². The summed E-state index contributed by atoms with van der Waals surface area (Å²) in [5, 5.41) is 31.6. The smallest absolute Gasteiger partial charge is 0.388 e. The highest BCUT2D eigenvalue weighted by Crippen LogP contribution is 2.28. The summed E-state index contributed by atoms with van der Waals surface area (Å²) in [6.07, 6.45) is -3.21. The molecule has 26 heteroatoms. The summed E-state index contributed by atoms with van der Waals surface area (Å²) in [7, 11) is -13.9. The predicted molar refractivity (Wildman–Crippen MR) is 123 cm³/mol. The Kier molecular flexibility index (Phi) is 13.8. The van der Waals surface area contributed by atoms with Gasteiger partial charge in [-0.25, -0.2) is 18.5 Å². The third-order valence-corrected chi connectivity index (χ3v) is 4.00. The molecule has 39 heavy (non-hydrogen) atoms. The van der Waals surface area contributed by atoms with Crippen molar-refractivity contribution >= 4 is 40.5 Å². The molecular weight excluding hydrogens is 605 g/mol. The Bertz CT molecular complexity index is 1240. The van der Waals surface area contributed by atoms with Crippen molar-refractivity contribution < 1.29 is 77.5 Å². The second-order valence-corrected chi connectivity index (χ2v) is 10.3. The minimum atomic E-state index is -4.64. The maximum Gasteiger partial charge on any atom is 0.466 e. The molecule has 226 valence electrons. The van der Waals surface area contributed by atoms with E-state index >= 15 is 0 Å². The molecule has 2 aromatic heterocycles. The van der Waals surface area contributed by atoms with Crippen LogP contribution in [0.3, 0.4) is 0 Å². The van der Waals surface area contributed by atoms with Gasteiger partial charge >= 0.3 is 29.5 Å². The van der Waals surface area contributed by atoms with Crippen LogP contribution < -0.4 is 11.3 Å². The molecule has 0 aliphatic carbocycles. The zero-order valence-corrected chi connectivity index (χ0v) is 22.4. The van der Waals surface area contributed by atoms with Gasteiger partial charge in [-0.15, -0.1) is 5.10 Å². The zero-order valence-electron chi connectivity index (χ0n) is 19.7. The highest BCUT2D eigenvalue weighted by molar-refractivity contribution is 7.45. The summed E-state index contributed by atoms with van der Waals surface area (Å²) in [5.41, 5.74) is 5.02. The van der Waals surface area contributed by atoms with Gasteiger partial charge in [0.2, 0.25) is 0 Å². The number of ether oxygens (including phenoxy) is 1. The molecule has 2 aromatic rings. The number of hydrogen-bond acceptors (Lipinski definition) is 11. The van der Waals surface area contributed by atoms with Crippen molar-refractivity contribution in [2.45, 2.75) is 51.2 Å². The van der Waals surface area contributed by atoms with E-state index in [1.807, 2.05) is 6.92 Å². The molecule has 1 saturated heterocycles. The number of aliphatic hydroxyl groups is 2.